The zero-order chi connectivity index (χ0) is 21.6. The molecule has 3 rings (SSSR count). The number of ether oxygens (including phenoxy) is 3. The van der Waals surface area contributed by atoms with Crippen LogP contribution in [0.1, 0.15) is 26.3 Å². The molecule has 0 fully saturated rings. The fourth-order valence-electron chi connectivity index (χ4n) is 2.53. The van der Waals surface area contributed by atoms with Crippen LogP contribution in [0.4, 0.5) is 18.0 Å². The van der Waals surface area contributed by atoms with Crippen LogP contribution in [-0.4, -0.2) is 18.2 Å². The summed E-state index contributed by atoms with van der Waals surface area (Å²) < 4.78 is 55.7. The number of carbonyl (C=O) groups is 1. The standard InChI is InChI=1S/C19H16Cl2F3NO4/c1-17(2,3)10-4-6-11(7-5-10)27-16(26)25-19(18(22,23)24)28-14-8-12(20)13(21)9-15(14)29-19/h4-9H,1-3H3,(H,25,26). The third-order valence-corrected chi connectivity index (χ3v) is 4.79. The first kappa shape index (κ1) is 21.4. The van der Waals surface area contributed by atoms with Gasteiger partial charge in [0, 0.05) is 12.1 Å². The Morgan fingerprint density at radius 3 is 1.90 bits per heavy atom. The van der Waals surface area contributed by atoms with Gasteiger partial charge in [-0.05, 0) is 23.1 Å². The summed E-state index contributed by atoms with van der Waals surface area (Å²) in [5.41, 5.74) is 0.824. The van der Waals surface area contributed by atoms with Crippen LogP contribution in [-0.2, 0) is 5.41 Å². The molecule has 2 aromatic carbocycles. The molecule has 1 heterocycles. The van der Waals surface area contributed by atoms with E-state index in [2.05, 4.69) is 0 Å². The maximum absolute atomic E-state index is 13.7. The molecule has 5 nitrogen and oxygen atoms in total. The average molecular weight is 450 g/mol. The number of hydrogen-bond donors (Lipinski definition) is 1. The van der Waals surface area contributed by atoms with E-state index in [0.717, 1.165) is 17.7 Å². The Kier molecular flexibility index (Phi) is 5.29. The molecular formula is C19H16Cl2F3NO4. The molecule has 0 saturated heterocycles. The summed E-state index contributed by atoms with van der Waals surface area (Å²) >= 11 is 11.6. The van der Waals surface area contributed by atoms with Gasteiger partial charge in [-0.2, -0.15) is 13.2 Å². The first-order valence-corrected chi connectivity index (χ1v) is 9.11. The zero-order valence-electron chi connectivity index (χ0n) is 15.5. The molecule has 0 bridgehead atoms. The maximum atomic E-state index is 13.7. The molecule has 2 aromatic rings. The molecule has 0 atom stereocenters. The lowest BCUT2D eigenvalue weighted by Gasteiger charge is -2.29. The van der Waals surface area contributed by atoms with Crippen LogP contribution in [0.15, 0.2) is 36.4 Å². The molecule has 1 aliphatic heterocycles. The fourth-order valence-corrected chi connectivity index (χ4v) is 2.84. The van der Waals surface area contributed by atoms with Gasteiger partial charge in [0.2, 0.25) is 0 Å². The molecule has 0 aliphatic carbocycles. The van der Waals surface area contributed by atoms with Crippen LogP contribution in [0, 0.1) is 0 Å². The lowest BCUT2D eigenvalue weighted by molar-refractivity contribution is -0.318. The highest BCUT2D eigenvalue weighted by Crippen LogP contribution is 2.48. The van der Waals surface area contributed by atoms with Crippen LogP contribution in [0.2, 0.25) is 10.0 Å². The van der Waals surface area contributed by atoms with Crippen molar-refractivity contribution in [2.45, 2.75) is 38.3 Å². The number of nitrogens with one attached hydrogen (secondary N) is 1. The number of hydrogen-bond acceptors (Lipinski definition) is 4. The molecule has 0 unspecified atom stereocenters. The Morgan fingerprint density at radius 2 is 1.48 bits per heavy atom. The summed E-state index contributed by atoms with van der Waals surface area (Å²) in [6.45, 7) is 5.98. The van der Waals surface area contributed by atoms with Gasteiger partial charge >= 0.3 is 18.2 Å². The second-order valence-corrected chi connectivity index (χ2v) is 8.13. The van der Waals surface area contributed by atoms with Gasteiger partial charge < -0.3 is 14.2 Å². The van der Waals surface area contributed by atoms with Crippen LogP contribution in [0.3, 0.4) is 0 Å². The van der Waals surface area contributed by atoms with E-state index in [0.29, 0.717) is 0 Å². The van der Waals surface area contributed by atoms with Gasteiger partial charge in [-0.15, -0.1) is 0 Å². The summed E-state index contributed by atoms with van der Waals surface area (Å²) in [4.78, 5) is 12.1. The highest BCUT2D eigenvalue weighted by molar-refractivity contribution is 6.42. The molecule has 0 aromatic heterocycles. The predicted octanol–water partition coefficient (Wildman–Crippen LogP) is 6.07. The third kappa shape index (κ3) is 4.33. The van der Waals surface area contributed by atoms with Gasteiger partial charge in [-0.25, -0.2) is 10.1 Å². The monoisotopic (exact) mass is 449 g/mol. The number of amides is 1. The van der Waals surface area contributed by atoms with Gasteiger partial charge in [0.15, 0.2) is 11.5 Å². The highest BCUT2D eigenvalue weighted by Gasteiger charge is 2.66. The minimum Gasteiger partial charge on any atom is -0.424 e. The SMILES string of the molecule is CC(C)(C)c1ccc(OC(=O)NC2(C(F)(F)F)Oc3cc(Cl)c(Cl)cc3O2)cc1. The number of fused-ring (bicyclic) bond motifs is 1. The van der Waals surface area contributed by atoms with E-state index in [1.54, 1.807) is 17.4 Å². The fraction of sp³-hybridized carbons (Fsp3) is 0.316. The molecule has 1 amide bonds. The minimum atomic E-state index is -5.14. The van der Waals surface area contributed by atoms with Crippen molar-refractivity contribution in [3.63, 3.8) is 0 Å². The highest BCUT2D eigenvalue weighted by atomic mass is 35.5. The van der Waals surface area contributed by atoms with Crippen molar-refractivity contribution in [1.29, 1.82) is 0 Å². The lowest BCUT2D eigenvalue weighted by atomic mass is 9.87. The number of halogens is 5. The van der Waals surface area contributed by atoms with E-state index in [1.807, 2.05) is 20.8 Å². The number of alkyl halides is 3. The number of rotatable bonds is 2. The van der Waals surface area contributed by atoms with E-state index in [9.17, 15) is 18.0 Å². The molecular weight excluding hydrogens is 434 g/mol. The maximum Gasteiger partial charge on any atom is 0.492 e. The largest absolute Gasteiger partial charge is 0.492 e. The smallest absolute Gasteiger partial charge is 0.424 e. The predicted molar refractivity (Wildman–Crippen MR) is 101 cm³/mol. The van der Waals surface area contributed by atoms with Gasteiger partial charge in [-0.1, -0.05) is 56.1 Å². The Morgan fingerprint density at radius 1 is 1.00 bits per heavy atom. The van der Waals surface area contributed by atoms with Gasteiger partial charge in [0.05, 0.1) is 10.0 Å². The summed E-state index contributed by atoms with van der Waals surface area (Å²) in [6, 6.07) is 8.50. The van der Waals surface area contributed by atoms with E-state index < -0.39 is 18.2 Å². The van der Waals surface area contributed by atoms with Crippen molar-refractivity contribution in [1.82, 2.24) is 5.32 Å². The number of carbonyl (C=O) groups excluding carboxylic acids is 1. The van der Waals surface area contributed by atoms with Crippen LogP contribution in [0.5, 0.6) is 17.2 Å². The second-order valence-electron chi connectivity index (χ2n) is 7.32. The first-order valence-electron chi connectivity index (χ1n) is 8.35. The zero-order valence-corrected chi connectivity index (χ0v) is 17.0. The Balaban J connectivity index is 1.79. The van der Waals surface area contributed by atoms with Crippen molar-refractivity contribution < 1.29 is 32.2 Å². The van der Waals surface area contributed by atoms with E-state index in [4.69, 9.17) is 37.4 Å². The van der Waals surface area contributed by atoms with Crippen LogP contribution in [0.25, 0.3) is 0 Å². The van der Waals surface area contributed by atoms with Crippen molar-refractivity contribution in [2.24, 2.45) is 0 Å². The van der Waals surface area contributed by atoms with Crippen molar-refractivity contribution >= 4 is 29.3 Å². The Hall–Kier alpha value is -2.32. The molecule has 0 saturated carbocycles. The molecule has 10 heteroatoms. The van der Waals surface area contributed by atoms with Gasteiger partial charge in [0.1, 0.15) is 5.75 Å². The Labute approximate surface area is 174 Å². The van der Waals surface area contributed by atoms with Gasteiger partial charge in [-0.3, -0.25) is 0 Å². The minimum absolute atomic E-state index is 0.0338. The van der Waals surface area contributed by atoms with Crippen molar-refractivity contribution in [3.8, 4) is 17.2 Å². The van der Waals surface area contributed by atoms with E-state index in [1.165, 1.54) is 12.1 Å². The second kappa shape index (κ2) is 7.18. The third-order valence-electron chi connectivity index (χ3n) is 4.06. The summed E-state index contributed by atoms with van der Waals surface area (Å²) in [7, 11) is 0. The number of benzene rings is 2. The molecule has 1 aliphatic rings. The topological polar surface area (TPSA) is 56.8 Å². The molecule has 0 spiro atoms. The molecule has 29 heavy (non-hydrogen) atoms. The molecule has 156 valence electrons. The van der Waals surface area contributed by atoms with E-state index in [-0.39, 0.29) is 32.7 Å². The Bertz CT molecular complexity index is 909. The quantitative estimate of drug-likeness (QED) is 0.604. The molecule has 1 N–H and O–H groups in total. The molecule has 0 radical (unpaired) electrons. The van der Waals surface area contributed by atoms with Crippen molar-refractivity contribution in [3.05, 3.63) is 52.0 Å². The van der Waals surface area contributed by atoms with Crippen LogP contribution >= 0.6 is 23.2 Å². The average Bonchev–Trinajstić information content (AvgIpc) is 2.92. The normalized spacial score (nSPS) is 15.2. The summed E-state index contributed by atoms with van der Waals surface area (Å²) in [6.07, 6.45) is -6.56. The van der Waals surface area contributed by atoms with Crippen molar-refractivity contribution in [2.75, 3.05) is 0 Å². The lowest BCUT2D eigenvalue weighted by Crippen LogP contribution is -2.65. The first-order chi connectivity index (χ1) is 13.3. The van der Waals surface area contributed by atoms with Crippen LogP contribution < -0.4 is 19.5 Å². The van der Waals surface area contributed by atoms with Gasteiger partial charge in [0.25, 0.3) is 0 Å². The summed E-state index contributed by atoms with van der Waals surface area (Å²) in [5, 5.41) is 1.53. The summed E-state index contributed by atoms with van der Waals surface area (Å²) in [5.74, 6) is -4.08. The van der Waals surface area contributed by atoms with E-state index >= 15 is 0 Å².